The highest BCUT2D eigenvalue weighted by atomic mass is 19.4. The normalized spacial score (nSPS) is 11.6. The van der Waals surface area contributed by atoms with E-state index in [1.165, 1.54) is 24.3 Å². The summed E-state index contributed by atoms with van der Waals surface area (Å²) in [5, 5.41) is 3.56. The van der Waals surface area contributed by atoms with Crippen LogP contribution in [0.5, 0.6) is 0 Å². The van der Waals surface area contributed by atoms with E-state index in [1.807, 2.05) is 19.1 Å². The lowest BCUT2D eigenvalue weighted by Gasteiger charge is -2.25. The van der Waals surface area contributed by atoms with Crippen LogP contribution in [0.25, 0.3) is 22.0 Å². The van der Waals surface area contributed by atoms with Gasteiger partial charge < -0.3 is 14.8 Å². The molecular weight excluding hydrogens is 615 g/mol. The Bertz CT molecular complexity index is 1910. The number of fused-ring (bicyclic) bond motifs is 1. The van der Waals surface area contributed by atoms with Gasteiger partial charge in [-0.15, -0.1) is 0 Å². The van der Waals surface area contributed by atoms with E-state index in [2.05, 4.69) is 10.3 Å². The van der Waals surface area contributed by atoms with Crippen molar-refractivity contribution in [2.75, 3.05) is 19.6 Å². The summed E-state index contributed by atoms with van der Waals surface area (Å²) in [4.78, 5) is 32.8. The molecule has 6 nitrogen and oxygen atoms in total. The molecule has 4 aromatic carbocycles. The third-order valence-electron chi connectivity index (χ3n) is 7.94. The van der Waals surface area contributed by atoms with Gasteiger partial charge in [0.05, 0.1) is 16.5 Å². The van der Waals surface area contributed by atoms with Crippen molar-refractivity contribution in [2.24, 2.45) is 0 Å². The summed E-state index contributed by atoms with van der Waals surface area (Å²) < 4.78 is 68.9. The molecular formula is C36H33F5N4O2. The van der Waals surface area contributed by atoms with Crippen LogP contribution in [0.4, 0.5) is 22.0 Å². The number of aromatic nitrogens is 2. The minimum Gasteiger partial charge on any atom is -0.336 e. The van der Waals surface area contributed by atoms with Crippen molar-refractivity contribution >= 4 is 16.8 Å². The highest BCUT2D eigenvalue weighted by Crippen LogP contribution is 2.31. The molecule has 1 heterocycles. The van der Waals surface area contributed by atoms with Crippen molar-refractivity contribution in [1.29, 1.82) is 0 Å². The number of alkyl halides is 3. The molecule has 0 bridgehead atoms. The highest BCUT2D eigenvalue weighted by molar-refractivity contribution is 5.82. The maximum atomic E-state index is 14.4. The van der Waals surface area contributed by atoms with E-state index in [4.69, 9.17) is 0 Å². The third kappa shape index (κ3) is 8.10. The lowest BCUT2D eigenvalue weighted by molar-refractivity contribution is -0.137. The molecule has 0 fully saturated rings. The Labute approximate surface area is 268 Å². The number of carbonyl (C=O) groups is 1. The topological polar surface area (TPSA) is 67.2 Å². The zero-order valence-electron chi connectivity index (χ0n) is 25.7. The molecule has 47 heavy (non-hydrogen) atoms. The predicted octanol–water partition coefficient (Wildman–Crippen LogP) is 6.78. The number of likely N-dealkylation sites (N-methyl/N-ethyl adjacent to an activating group) is 1. The smallest absolute Gasteiger partial charge is 0.336 e. The second kappa shape index (κ2) is 14.7. The van der Waals surface area contributed by atoms with Crippen LogP contribution in [0.2, 0.25) is 0 Å². The summed E-state index contributed by atoms with van der Waals surface area (Å²) in [6, 6.07) is 22.9. The fourth-order valence-electron chi connectivity index (χ4n) is 5.41. The van der Waals surface area contributed by atoms with Crippen molar-refractivity contribution < 1.29 is 26.7 Å². The molecule has 0 spiro atoms. The standard InChI is InChI=1S/C36H33F5N4O2/c1-2-42-20-21-44(22-24-10-12-25(13-11-24)26-14-17-28(18-15-26)36(39,40)41)33(46)23-45-31-9-4-3-7-29(31)35(47)43-32(45)19-16-27-6-5-8-30(37)34(27)38/h3-15,17-18,42H,2,16,19-23H2,1H3. The molecule has 0 saturated heterocycles. The van der Waals surface area contributed by atoms with E-state index >= 15 is 0 Å². The number of para-hydroxylation sites is 1. The molecule has 244 valence electrons. The molecule has 11 heteroatoms. The lowest BCUT2D eigenvalue weighted by atomic mass is 10.0. The summed E-state index contributed by atoms with van der Waals surface area (Å²) in [5.41, 5.74) is 1.63. The van der Waals surface area contributed by atoms with Crippen LogP contribution in [0.1, 0.15) is 29.4 Å². The van der Waals surface area contributed by atoms with Gasteiger partial charge in [0.2, 0.25) is 5.91 Å². The van der Waals surface area contributed by atoms with E-state index in [1.54, 1.807) is 45.9 Å². The van der Waals surface area contributed by atoms with Gasteiger partial charge in [0.15, 0.2) is 11.6 Å². The Morgan fingerprint density at radius 2 is 1.55 bits per heavy atom. The Kier molecular flexibility index (Phi) is 10.5. The monoisotopic (exact) mass is 648 g/mol. The first kappa shape index (κ1) is 33.5. The number of nitrogens with one attached hydrogen (secondary N) is 1. The van der Waals surface area contributed by atoms with Gasteiger partial charge in [-0.2, -0.15) is 18.2 Å². The van der Waals surface area contributed by atoms with E-state index in [9.17, 15) is 31.5 Å². The van der Waals surface area contributed by atoms with Gasteiger partial charge in [0.1, 0.15) is 12.4 Å². The van der Waals surface area contributed by atoms with Crippen LogP contribution in [0.3, 0.4) is 0 Å². The highest BCUT2D eigenvalue weighted by Gasteiger charge is 2.30. The number of benzene rings is 4. The molecule has 0 radical (unpaired) electrons. The number of amides is 1. The molecule has 1 amide bonds. The van der Waals surface area contributed by atoms with Crippen molar-refractivity contribution in [3.05, 3.63) is 135 Å². The van der Waals surface area contributed by atoms with Crippen LogP contribution < -0.4 is 10.9 Å². The molecule has 0 aliphatic rings. The fraction of sp³-hybridized carbons (Fsp3) is 0.250. The zero-order chi connectivity index (χ0) is 33.6. The van der Waals surface area contributed by atoms with Crippen LogP contribution >= 0.6 is 0 Å². The SMILES string of the molecule is CCNCCN(Cc1ccc(-c2ccc(C(F)(F)F)cc2)cc1)C(=O)Cn1c(CCc2cccc(F)c2F)nc(=O)c2ccccc21. The largest absolute Gasteiger partial charge is 0.416 e. The first-order valence-electron chi connectivity index (χ1n) is 15.2. The molecule has 5 aromatic rings. The molecule has 0 aliphatic carbocycles. The predicted molar refractivity (Wildman–Crippen MR) is 171 cm³/mol. The first-order valence-corrected chi connectivity index (χ1v) is 15.2. The fourth-order valence-corrected chi connectivity index (χ4v) is 5.41. The van der Waals surface area contributed by atoms with Crippen molar-refractivity contribution in [2.45, 2.75) is 39.0 Å². The summed E-state index contributed by atoms with van der Waals surface area (Å²) in [6.45, 7) is 3.68. The molecule has 1 aromatic heterocycles. The van der Waals surface area contributed by atoms with E-state index in [0.717, 1.165) is 29.3 Å². The first-order chi connectivity index (χ1) is 22.5. The number of hydrogen-bond acceptors (Lipinski definition) is 4. The molecule has 1 N–H and O–H groups in total. The Morgan fingerprint density at radius 1 is 0.872 bits per heavy atom. The minimum atomic E-state index is -4.41. The quantitative estimate of drug-likeness (QED) is 0.120. The average Bonchev–Trinajstić information content (AvgIpc) is 3.06. The van der Waals surface area contributed by atoms with Gasteiger partial charge in [-0.05, 0) is 65.6 Å². The summed E-state index contributed by atoms with van der Waals surface area (Å²) in [5.74, 6) is -1.90. The van der Waals surface area contributed by atoms with Crippen LogP contribution in [0.15, 0.2) is 95.8 Å². The second-order valence-electron chi connectivity index (χ2n) is 11.1. The molecule has 0 saturated carbocycles. The molecule has 0 aliphatic heterocycles. The van der Waals surface area contributed by atoms with Gasteiger partial charge in [-0.1, -0.05) is 67.6 Å². The Balaban J connectivity index is 1.40. The van der Waals surface area contributed by atoms with Gasteiger partial charge in [0, 0.05) is 26.1 Å². The lowest BCUT2D eigenvalue weighted by Crippen LogP contribution is -2.39. The maximum absolute atomic E-state index is 14.4. The number of aryl methyl sites for hydroxylation is 2. The number of halogens is 5. The minimum absolute atomic E-state index is 0.0674. The Hall–Kier alpha value is -4.90. The zero-order valence-corrected chi connectivity index (χ0v) is 25.7. The summed E-state index contributed by atoms with van der Waals surface area (Å²) >= 11 is 0. The summed E-state index contributed by atoms with van der Waals surface area (Å²) in [7, 11) is 0. The van der Waals surface area contributed by atoms with Crippen LogP contribution in [0, 0.1) is 11.6 Å². The number of nitrogens with zero attached hydrogens (tertiary/aromatic N) is 3. The van der Waals surface area contributed by atoms with Gasteiger partial charge in [-0.25, -0.2) is 8.78 Å². The maximum Gasteiger partial charge on any atom is 0.416 e. The van der Waals surface area contributed by atoms with Crippen LogP contribution in [-0.2, 0) is 36.9 Å². The Morgan fingerprint density at radius 3 is 2.23 bits per heavy atom. The third-order valence-corrected chi connectivity index (χ3v) is 7.94. The second-order valence-corrected chi connectivity index (χ2v) is 11.1. The number of carbonyl (C=O) groups excluding carboxylic acids is 1. The summed E-state index contributed by atoms with van der Waals surface area (Å²) in [6.07, 6.45) is -4.25. The van der Waals surface area contributed by atoms with E-state index in [-0.39, 0.29) is 43.2 Å². The van der Waals surface area contributed by atoms with Gasteiger partial charge in [-0.3, -0.25) is 9.59 Å². The van der Waals surface area contributed by atoms with Gasteiger partial charge in [0.25, 0.3) is 5.56 Å². The molecule has 5 rings (SSSR count). The van der Waals surface area contributed by atoms with Crippen molar-refractivity contribution in [3.63, 3.8) is 0 Å². The van der Waals surface area contributed by atoms with Crippen LogP contribution in [-0.4, -0.2) is 40.0 Å². The molecule has 0 atom stereocenters. The number of rotatable bonds is 12. The number of hydrogen-bond donors (Lipinski definition) is 1. The van der Waals surface area contributed by atoms with Crippen molar-refractivity contribution in [1.82, 2.24) is 19.8 Å². The van der Waals surface area contributed by atoms with E-state index < -0.39 is 28.9 Å². The molecule has 0 unspecified atom stereocenters. The van der Waals surface area contributed by atoms with E-state index in [0.29, 0.717) is 36.1 Å². The van der Waals surface area contributed by atoms with Gasteiger partial charge >= 0.3 is 6.18 Å². The average molecular weight is 649 g/mol. The van der Waals surface area contributed by atoms with Crippen molar-refractivity contribution in [3.8, 4) is 11.1 Å².